The number of nitrogens with two attached hydrogens (primary N) is 1. The number of anilines is 1. The molecular formula is C32H37FN4O3. The average molecular weight is 545 g/mol. The van der Waals surface area contributed by atoms with Crippen LogP contribution in [-0.4, -0.2) is 48.3 Å². The largest absolute Gasteiger partial charge is 0.453 e. The lowest BCUT2D eigenvalue weighted by molar-refractivity contribution is -0.117. The highest BCUT2D eigenvalue weighted by Gasteiger charge is 2.42. The van der Waals surface area contributed by atoms with Gasteiger partial charge in [0.1, 0.15) is 12.0 Å². The summed E-state index contributed by atoms with van der Waals surface area (Å²) in [7, 11) is 3.16. The van der Waals surface area contributed by atoms with E-state index in [1.54, 1.807) is 18.1 Å². The van der Waals surface area contributed by atoms with E-state index in [0.717, 1.165) is 53.5 Å². The molecule has 210 valence electrons. The van der Waals surface area contributed by atoms with Crippen molar-refractivity contribution in [2.24, 2.45) is 11.7 Å². The van der Waals surface area contributed by atoms with Crippen LogP contribution in [0.4, 0.5) is 15.0 Å². The van der Waals surface area contributed by atoms with Crippen LogP contribution >= 0.6 is 0 Å². The molecule has 2 aliphatic carbocycles. The van der Waals surface area contributed by atoms with Crippen LogP contribution in [0.15, 0.2) is 66.9 Å². The third-order valence-electron chi connectivity index (χ3n) is 8.50. The number of rotatable bonds is 7. The highest BCUT2D eigenvalue weighted by atomic mass is 19.1. The molecule has 1 heterocycles. The highest BCUT2D eigenvalue weighted by Crippen LogP contribution is 2.42. The van der Waals surface area contributed by atoms with Crippen molar-refractivity contribution in [3.63, 3.8) is 0 Å². The van der Waals surface area contributed by atoms with Gasteiger partial charge in [-0.1, -0.05) is 54.6 Å². The number of hydrogen-bond acceptors (Lipinski definition) is 5. The summed E-state index contributed by atoms with van der Waals surface area (Å²) in [5, 5.41) is 3.00. The Hall–Kier alpha value is -3.78. The van der Waals surface area contributed by atoms with Gasteiger partial charge < -0.3 is 20.7 Å². The topological polar surface area (TPSA) is 97.5 Å². The van der Waals surface area contributed by atoms with Crippen molar-refractivity contribution >= 4 is 17.8 Å². The van der Waals surface area contributed by atoms with Crippen LogP contribution in [0.5, 0.6) is 0 Å². The standard InChI is InChI=1S/C32H37FN4O3/c1-37(31(39)40-2)26-14-8-21(9-15-26)16-30(38)36-29-17-27(22-6-4-3-5-7-22)28(20-35-29)23-10-12-24(13-11-23)32(34)18-25(33)19-32/h3-7,10-13,17,20-21,25-26H,8-9,14-16,18-19,34H2,1-2H3,(H,35,36,38). The van der Waals surface area contributed by atoms with Crippen LogP contribution in [0.3, 0.4) is 0 Å². The Labute approximate surface area is 234 Å². The minimum Gasteiger partial charge on any atom is -0.453 e. The molecule has 0 radical (unpaired) electrons. The minimum atomic E-state index is -0.829. The lowest BCUT2D eigenvalue weighted by Gasteiger charge is -2.41. The van der Waals surface area contributed by atoms with Crippen LogP contribution in [0, 0.1) is 5.92 Å². The van der Waals surface area contributed by atoms with E-state index in [4.69, 9.17) is 10.5 Å². The van der Waals surface area contributed by atoms with Gasteiger partial charge in [0.15, 0.2) is 0 Å². The van der Waals surface area contributed by atoms with Gasteiger partial charge in [-0.2, -0.15) is 0 Å². The van der Waals surface area contributed by atoms with Crippen LogP contribution in [0.1, 0.15) is 50.5 Å². The molecule has 0 spiro atoms. The number of amides is 2. The molecule has 8 heteroatoms. The number of nitrogens with zero attached hydrogens (tertiary/aromatic N) is 2. The number of halogens is 1. The molecule has 2 aliphatic rings. The maximum atomic E-state index is 13.5. The van der Waals surface area contributed by atoms with E-state index in [2.05, 4.69) is 10.3 Å². The number of alkyl halides is 1. The molecule has 2 amide bonds. The summed E-state index contributed by atoms with van der Waals surface area (Å²) < 4.78 is 18.3. The molecule has 0 aliphatic heterocycles. The van der Waals surface area contributed by atoms with Gasteiger partial charge in [-0.05, 0) is 59.9 Å². The molecule has 2 fully saturated rings. The molecule has 3 aromatic rings. The van der Waals surface area contributed by atoms with E-state index in [9.17, 15) is 14.0 Å². The first kappa shape index (κ1) is 27.8. The zero-order chi connectivity index (χ0) is 28.3. The summed E-state index contributed by atoms with van der Waals surface area (Å²) in [4.78, 5) is 31.0. The Morgan fingerprint density at radius 3 is 2.30 bits per heavy atom. The van der Waals surface area contributed by atoms with Gasteiger partial charge in [-0.25, -0.2) is 14.2 Å². The maximum Gasteiger partial charge on any atom is 0.409 e. The van der Waals surface area contributed by atoms with E-state index in [-0.39, 0.29) is 24.0 Å². The summed E-state index contributed by atoms with van der Waals surface area (Å²) in [5.74, 6) is 0.712. The second-order valence-corrected chi connectivity index (χ2v) is 11.2. The highest BCUT2D eigenvalue weighted by molar-refractivity contribution is 5.92. The Kier molecular flexibility index (Phi) is 8.17. The van der Waals surface area contributed by atoms with E-state index in [1.807, 2.05) is 60.7 Å². The smallest absolute Gasteiger partial charge is 0.409 e. The van der Waals surface area contributed by atoms with Crippen molar-refractivity contribution in [1.82, 2.24) is 9.88 Å². The van der Waals surface area contributed by atoms with E-state index < -0.39 is 11.7 Å². The van der Waals surface area contributed by atoms with Crippen LogP contribution in [0.2, 0.25) is 0 Å². The fourth-order valence-electron chi connectivity index (χ4n) is 6.04. The number of nitrogens with one attached hydrogen (secondary N) is 1. The zero-order valence-electron chi connectivity index (χ0n) is 23.1. The fraction of sp³-hybridized carbons (Fsp3) is 0.406. The first-order chi connectivity index (χ1) is 19.3. The number of benzene rings is 2. The Bertz CT molecular complexity index is 1330. The summed E-state index contributed by atoms with van der Waals surface area (Å²) in [6, 6.07) is 20.0. The van der Waals surface area contributed by atoms with Gasteiger partial charge in [-0.3, -0.25) is 4.79 Å². The van der Waals surface area contributed by atoms with Gasteiger partial charge >= 0.3 is 6.09 Å². The number of pyridine rings is 1. The normalized spacial score (nSPS) is 24.1. The van der Waals surface area contributed by atoms with Gasteiger partial charge in [0.25, 0.3) is 0 Å². The first-order valence-electron chi connectivity index (χ1n) is 14.0. The number of aromatic nitrogens is 1. The summed E-state index contributed by atoms with van der Waals surface area (Å²) in [6.45, 7) is 0. The van der Waals surface area contributed by atoms with Crippen molar-refractivity contribution < 1.29 is 18.7 Å². The first-order valence-corrected chi connectivity index (χ1v) is 14.0. The third-order valence-corrected chi connectivity index (χ3v) is 8.50. The molecule has 2 aromatic carbocycles. The molecule has 2 saturated carbocycles. The molecule has 7 nitrogen and oxygen atoms in total. The SMILES string of the molecule is COC(=O)N(C)C1CCC(CC(=O)Nc2cc(-c3ccccc3)c(-c3ccc(C4(N)CC(F)C4)cc3)cn2)CC1. The van der Waals surface area contributed by atoms with Crippen LogP contribution in [-0.2, 0) is 15.1 Å². The monoisotopic (exact) mass is 544 g/mol. The van der Waals surface area contributed by atoms with Gasteiger partial charge in [0, 0.05) is 49.7 Å². The van der Waals surface area contributed by atoms with Gasteiger partial charge in [0.2, 0.25) is 5.91 Å². The lowest BCUT2D eigenvalue weighted by atomic mass is 9.71. The molecular weight excluding hydrogens is 507 g/mol. The molecule has 0 unspecified atom stereocenters. The predicted molar refractivity (Wildman–Crippen MR) is 154 cm³/mol. The predicted octanol–water partition coefficient (Wildman–Crippen LogP) is 6.29. The number of hydrogen-bond donors (Lipinski definition) is 2. The number of carbonyl (C=O) groups is 2. The van der Waals surface area contributed by atoms with Crippen molar-refractivity contribution in [2.45, 2.75) is 62.7 Å². The molecule has 0 atom stereocenters. The Morgan fingerprint density at radius 2 is 1.68 bits per heavy atom. The van der Waals surface area contributed by atoms with E-state index >= 15 is 0 Å². The van der Waals surface area contributed by atoms with E-state index in [0.29, 0.717) is 25.1 Å². The third kappa shape index (κ3) is 6.02. The lowest BCUT2D eigenvalue weighted by Crippen LogP contribution is -2.50. The van der Waals surface area contributed by atoms with Gasteiger partial charge in [0.05, 0.1) is 7.11 Å². The average Bonchev–Trinajstić information content (AvgIpc) is 2.96. The van der Waals surface area contributed by atoms with E-state index in [1.165, 1.54) is 7.11 Å². The molecule has 3 N–H and O–H groups in total. The molecule has 5 rings (SSSR count). The molecule has 40 heavy (non-hydrogen) atoms. The van der Waals surface area contributed by atoms with Gasteiger partial charge in [-0.15, -0.1) is 0 Å². The van der Waals surface area contributed by atoms with Crippen molar-refractivity contribution in [3.8, 4) is 22.3 Å². The second kappa shape index (κ2) is 11.8. The number of ether oxygens (including phenoxy) is 1. The number of carbonyl (C=O) groups excluding carboxylic acids is 2. The zero-order valence-corrected chi connectivity index (χ0v) is 23.1. The van der Waals surface area contributed by atoms with Crippen molar-refractivity contribution in [2.75, 3.05) is 19.5 Å². The molecule has 0 bridgehead atoms. The fourth-order valence-corrected chi connectivity index (χ4v) is 6.04. The van der Waals surface area contributed by atoms with Crippen LogP contribution < -0.4 is 11.1 Å². The Morgan fingerprint density at radius 1 is 1.02 bits per heavy atom. The summed E-state index contributed by atoms with van der Waals surface area (Å²) >= 11 is 0. The molecule has 0 saturated heterocycles. The Balaban J connectivity index is 1.28. The van der Waals surface area contributed by atoms with Crippen molar-refractivity contribution in [3.05, 3.63) is 72.4 Å². The second-order valence-electron chi connectivity index (χ2n) is 11.2. The quantitative estimate of drug-likeness (QED) is 0.365. The van der Waals surface area contributed by atoms with Crippen molar-refractivity contribution in [1.29, 1.82) is 0 Å². The summed E-state index contributed by atoms with van der Waals surface area (Å²) in [5.41, 5.74) is 10.6. The maximum absolute atomic E-state index is 13.5. The van der Waals surface area contributed by atoms with Crippen LogP contribution in [0.25, 0.3) is 22.3 Å². The number of methoxy groups -OCH3 is 1. The minimum absolute atomic E-state index is 0.0618. The molecule has 1 aromatic heterocycles. The summed E-state index contributed by atoms with van der Waals surface area (Å²) in [6.07, 6.45) is 5.23.